The van der Waals surface area contributed by atoms with Crippen LogP contribution in [0.3, 0.4) is 0 Å². The third-order valence-corrected chi connectivity index (χ3v) is 4.05. The van der Waals surface area contributed by atoms with Crippen LogP contribution in [0.2, 0.25) is 0 Å². The first kappa shape index (κ1) is 15.3. The van der Waals surface area contributed by atoms with E-state index in [2.05, 4.69) is 6.58 Å². The van der Waals surface area contributed by atoms with Gasteiger partial charge in [0.25, 0.3) is 5.91 Å². The summed E-state index contributed by atoms with van der Waals surface area (Å²) in [4.78, 5) is 13.9. The van der Waals surface area contributed by atoms with Crippen LogP contribution in [-0.4, -0.2) is 23.1 Å². The summed E-state index contributed by atoms with van der Waals surface area (Å²) >= 11 is 0. The number of benzene rings is 2. The summed E-state index contributed by atoms with van der Waals surface area (Å²) in [5.41, 5.74) is 14.9. The first-order chi connectivity index (χ1) is 11.0. The molecule has 0 bridgehead atoms. The lowest BCUT2D eigenvalue weighted by Gasteiger charge is -2.12. The van der Waals surface area contributed by atoms with Crippen LogP contribution in [0.5, 0.6) is 5.75 Å². The van der Waals surface area contributed by atoms with Crippen LogP contribution in [0, 0.1) is 6.92 Å². The van der Waals surface area contributed by atoms with Gasteiger partial charge in [-0.15, -0.1) is 0 Å². The van der Waals surface area contributed by atoms with Crippen LogP contribution in [0.15, 0.2) is 55.3 Å². The molecular weight excluding hydrogens is 290 g/mol. The summed E-state index contributed by atoms with van der Waals surface area (Å²) in [5.74, 6) is 0.590. The average Bonchev–Trinajstić information content (AvgIpc) is 3.16. The molecule has 0 aliphatic carbocycles. The van der Waals surface area contributed by atoms with Crippen LogP contribution in [0.1, 0.15) is 15.9 Å². The third kappa shape index (κ3) is 2.72. The zero-order valence-electron chi connectivity index (χ0n) is 12.9. The van der Waals surface area contributed by atoms with Gasteiger partial charge in [-0.1, -0.05) is 30.8 Å². The summed E-state index contributed by atoms with van der Waals surface area (Å²) in [6.45, 7) is 5.55. The summed E-state index contributed by atoms with van der Waals surface area (Å²) in [6.07, 6.45) is 0.615. The highest BCUT2D eigenvalue weighted by molar-refractivity contribution is 5.97. The van der Waals surface area contributed by atoms with E-state index in [1.807, 2.05) is 43.3 Å². The van der Waals surface area contributed by atoms with E-state index in [4.69, 9.17) is 16.2 Å². The molecule has 0 aromatic heterocycles. The number of amides is 1. The number of ether oxygens (including phenoxy) is 1. The van der Waals surface area contributed by atoms with Gasteiger partial charge in [0.15, 0.2) is 0 Å². The smallest absolute Gasteiger partial charge is 0.256 e. The van der Waals surface area contributed by atoms with Crippen molar-refractivity contribution in [2.75, 3.05) is 0 Å². The van der Waals surface area contributed by atoms with Gasteiger partial charge in [-0.25, -0.2) is 0 Å². The van der Waals surface area contributed by atoms with Gasteiger partial charge in [0.1, 0.15) is 18.1 Å². The molecular formula is C18H19N3O2. The Morgan fingerprint density at radius 2 is 1.91 bits per heavy atom. The number of hydrogen-bond acceptors (Lipinski definition) is 4. The van der Waals surface area contributed by atoms with Crippen molar-refractivity contribution in [2.45, 2.75) is 19.3 Å². The molecule has 5 nitrogen and oxygen atoms in total. The Labute approximate surface area is 135 Å². The number of carbonyl (C=O) groups excluding carboxylic acids is 1. The van der Waals surface area contributed by atoms with Crippen molar-refractivity contribution in [3.05, 3.63) is 66.4 Å². The predicted octanol–water partition coefficient (Wildman–Crippen LogP) is 2.21. The molecule has 1 aliphatic rings. The maximum atomic E-state index is 12.4. The molecule has 2 atom stereocenters. The highest BCUT2D eigenvalue weighted by atomic mass is 16.5. The highest BCUT2D eigenvalue weighted by Crippen LogP contribution is 2.31. The fourth-order valence-electron chi connectivity index (χ4n) is 2.65. The van der Waals surface area contributed by atoms with Gasteiger partial charge in [-0.05, 0) is 41.8 Å². The number of rotatable bonds is 4. The molecule has 0 spiro atoms. The maximum absolute atomic E-state index is 12.4. The monoisotopic (exact) mass is 309 g/mol. The molecule has 1 heterocycles. The van der Waals surface area contributed by atoms with Gasteiger partial charge in [0, 0.05) is 5.56 Å². The van der Waals surface area contributed by atoms with Crippen LogP contribution in [0.4, 0.5) is 0 Å². The van der Waals surface area contributed by atoms with Gasteiger partial charge >= 0.3 is 0 Å². The standard InChI is InChI=1S/C18H19N3O2/c1-3-23-15-9-5-8-14(11(15)2)12-6-4-7-13(10-12)18(22)21-16(19)17(21)20/h3-10,16-17H,1,19-20H2,2H3. The first-order valence-electron chi connectivity index (χ1n) is 7.36. The van der Waals surface area contributed by atoms with Crippen molar-refractivity contribution in [3.63, 3.8) is 0 Å². The van der Waals surface area contributed by atoms with Crippen molar-refractivity contribution in [3.8, 4) is 16.9 Å². The minimum Gasteiger partial charge on any atom is -0.465 e. The second-order valence-corrected chi connectivity index (χ2v) is 5.49. The van der Waals surface area contributed by atoms with Gasteiger partial charge in [-0.2, -0.15) is 0 Å². The van der Waals surface area contributed by atoms with Crippen LogP contribution >= 0.6 is 0 Å². The van der Waals surface area contributed by atoms with E-state index < -0.39 is 12.3 Å². The van der Waals surface area contributed by atoms with Gasteiger partial charge in [0.2, 0.25) is 0 Å². The summed E-state index contributed by atoms with van der Waals surface area (Å²) in [7, 11) is 0. The van der Waals surface area contributed by atoms with Crippen molar-refractivity contribution >= 4 is 5.91 Å². The van der Waals surface area contributed by atoms with Crippen molar-refractivity contribution in [1.29, 1.82) is 0 Å². The Bertz CT molecular complexity index is 765. The molecule has 2 aromatic carbocycles. The van der Waals surface area contributed by atoms with Gasteiger partial charge < -0.3 is 21.1 Å². The Hall–Kier alpha value is -2.63. The molecule has 2 unspecified atom stereocenters. The molecule has 23 heavy (non-hydrogen) atoms. The SMILES string of the molecule is C=COc1cccc(-c2cccc(C(=O)N3C(N)C3N)c2)c1C. The molecule has 1 aliphatic heterocycles. The molecule has 0 saturated carbocycles. The summed E-state index contributed by atoms with van der Waals surface area (Å²) < 4.78 is 5.41. The fourth-order valence-corrected chi connectivity index (χ4v) is 2.65. The second-order valence-electron chi connectivity index (χ2n) is 5.49. The zero-order chi connectivity index (χ0) is 16.6. The second kappa shape index (κ2) is 5.87. The lowest BCUT2D eigenvalue weighted by molar-refractivity contribution is 0.0866. The van der Waals surface area contributed by atoms with Crippen molar-refractivity contribution < 1.29 is 9.53 Å². The number of hydrogen-bond donors (Lipinski definition) is 2. The van der Waals surface area contributed by atoms with Gasteiger partial charge in [0.05, 0.1) is 6.26 Å². The fraction of sp³-hybridized carbons (Fsp3) is 0.167. The minimum absolute atomic E-state index is 0.150. The lowest BCUT2D eigenvalue weighted by atomic mass is 9.98. The Morgan fingerprint density at radius 1 is 1.22 bits per heavy atom. The Balaban J connectivity index is 1.96. The predicted molar refractivity (Wildman–Crippen MR) is 89.6 cm³/mol. The van der Waals surface area contributed by atoms with E-state index in [0.29, 0.717) is 5.56 Å². The van der Waals surface area contributed by atoms with Crippen LogP contribution in [0.25, 0.3) is 11.1 Å². The number of nitrogens with two attached hydrogens (primary N) is 2. The lowest BCUT2D eigenvalue weighted by Crippen LogP contribution is -2.19. The van der Waals surface area contributed by atoms with Crippen molar-refractivity contribution in [1.82, 2.24) is 4.90 Å². The number of nitrogens with zero attached hydrogens (tertiary/aromatic N) is 1. The maximum Gasteiger partial charge on any atom is 0.256 e. The topological polar surface area (TPSA) is 81.3 Å². The van der Waals surface area contributed by atoms with E-state index in [1.165, 1.54) is 11.2 Å². The Kier molecular flexibility index (Phi) is 3.90. The molecule has 3 rings (SSSR count). The van der Waals surface area contributed by atoms with E-state index in [9.17, 15) is 4.79 Å². The molecule has 2 aromatic rings. The normalized spacial score (nSPS) is 19.3. The largest absolute Gasteiger partial charge is 0.465 e. The molecule has 118 valence electrons. The number of carbonyl (C=O) groups is 1. The summed E-state index contributed by atoms with van der Waals surface area (Å²) in [6, 6.07) is 13.2. The quantitative estimate of drug-likeness (QED) is 0.670. The minimum atomic E-state index is -0.391. The molecule has 0 radical (unpaired) electrons. The van der Waals surface area contributed by atoms with E-state index in [0.717, 1.165) is 22.4 Å². The highest BCUT2D eigenvalue weighted by Gasteiger charge is 2.45. The molecule has 4 N–H and O–H groups in total. The van der Waals surface area contributed by atoms with E-state index in [-0.39, 0.29) is 5.91 Å². The molecule has 5 heteroatoms. The van der Waals surface area contributed by atoms with Crippen molar-refractivity contribution in [2.24, 2.45) is 11.5 Å². The zero-order valence-corrected chi connectivity index (χ0v) is 12.9. The molecule has 1 saturated heterocycles. The molecule has 1 fully saturated rings. The summed E-state index contributed by atoms with van der Waals surface area (Å²) in [5, 5.41) is 0. The van der Waals surface area contributed by atoms with Crippen LogP contribution in [-0.2, 0) is 0 Å². The first-order valence-corrected chi connectivity index (χ1v) is 7.36. The Morgan fingerprint density at radius 3 is 2.57 bits per heavy atom. The van der Waals surface area contributed by atoms with E-state index in [1.54, 1.807) is 6.07 Å². The molecule has 1 amide bonds. The van der Waals surface area contributed by atoms with Crippen LogP contribution < -0.4 is 16.2 Å². The average molecular weight is 309 g/mol. The third-order valence-electron chi connectivity index (χ3n) is 4.05. The van der Waals surface area contributed by atoms with E-state index >= 15 is 0 Å². The van der Waals surface area contributed by atoms with Gasteiger partial charge in [-0.3, -0.25) is 4.79 Å².